The van der Waals surface area contributed by atoms with Gasteiger partial charge in [-0.1, -0.05) is 35.9 Å². The number of primary sulfonamides is 2. The van der Waals surface area contributed by atoms with E-state index in [9.17, 15) is 16.8 Å². The SMILES string of the molecule is Cc1ccc(S(N)(=O)=O)cc1.NS(=O)(=O)c1ccccc1. The van der Waals surface area contributed by atoms with E-state index >= 15 is 0 Å². The molecule has 0 aliphatic carbocycles. The molecule has 0 radical (unpaired) electrons. The first-order chi connectivity index (χ1) is 9.60. The van der Waals surface area contributed by atoms with Crippen LogP contribution in [0.15, 0.2) is 64.4 Å². The van der Waals surface area contributed by atoms with Crippen LogP contribution in [0, 0.1) is 6.92 Å². The van der Waals surface area contributed by atoms with Crippen molar-refractivity contribution in [3.8, 4) is 0 Å². The van der Waals surface area contributed by atoms with Crippen molar-refractivity contribution in [3.63, 3.8) is 0 Å². The van der Waals surface area contributed by atoms with Gasteiger partial charge in [-0.25, -0.2) is 27.1 Å². The number of rotatable bonds is 2. The lowest BCUT2D eigenvalue weighted by atomic mass is 10.2. The Morgan fingerprint density at radius 1 is 0.667 bits per heavy atom. The highest BCUT2D eigenvalue weighted by molar-refractivity contribution is 7.89. The molecule has 8 heteroatoms. The van der Waals surface area contributed by atoms with Gasteiger partial charge in [-0.3, -0.25) is 0 Å². The molecular formula is C13H16N2O4S2. The topological polar surface area (TPSA) is 120 Å². The molecule has 0 spiro atoms. The molecule has 2 rings (SSSR count). The predicted octanol–water partition coefficient (Wildman–Crippen LogP) is 0.976. The molecule has 0 aliphatic heterocycles. The molecule has 0 unspecified atom stereocenters. The normalized spacial score (nSPS) is 11.4. The molecule has 0 saturated heterocycles. The maximum Gasteiger partial charge on any atom is 0.238 e. The van der Waals surface area contributed by atoms with Gasteiger partial charge < -0.3 is 0 Å². The van der Waals surface area contributed by atoms with E-state index in [1.54, 1.807) is 30.3 Å². The van der Waals surface area contributed by atoms with Crippen molar-refractivity contribution >= 4 is 20.0 Å². The third-order valence-electron chi connectivity index (χ3n) is 2.42. The first-order valence-corrected chi connectivity index (χ1v) is 8.87. The van der Waals surface area contributed by atoms with Crippen molar-refractivity contribution in [1.82, 2.24) is 0 Å². The molecule has 2 aromatic carbocycles. The molecule has 0 amide bonds. The summed E-state index contributed by atoms with van der Waals surface area (Å²) in [7, 11) is -7.02. The number of aryl methyl sites for hydroxylation is 1. The molecule has 0 aliphatic rings. The van der Waals surface area contributed by atoms with Gasteiger partial charge in [-0.15, -0.1) is 0 Å². The fourth-order valence-electron chi connectivity index (χ4n) is 1.34. The number of benzene rings is 2. The van der Waals surface area contributed by atoms with Crippen molar-refractivity contribution in [2.24, 2.45) is 10.3 Å². The van der Waals surface area contributed by atoms with Gasteiger partial charge in [0.1, 0.15) is 0 Å². The van der Waals surface area contributed by atoms with Crippen LogP contribution in [-0.2, 0) is 20.0 Å². The van der Waals surface area contributed by atoms with Crippen molar-refractivity contribution < 1.29 is 16.8 Å². The molecule has 2 aromatic rings. The van der Waals surface area contributed by atoms with Crippen LogP contribution in [0.25, 0.3) is 0 Å². The average molecular weight is 328 g/mol. The van der Waals surface area contributed by atoms with E-state index in [0.717, 1.165) is 5.56 Å². The summed E-state index contributed by atoms with van der Waals surface area (Å²) in [5.41, 5.74) is 1.01. The number of sulfonamides is 2. The van der Waals surface area contributed by atoms with E-state index in [1.807, 2.05) is 6.92 Å². The highest BCUT2D eigenvalue weighted by atomic mass is 32.2. The quantitative estimate of drug-likeness (QED) is 0.853. The molecular weight excluding hydrogens is 312 g/mol. The molecule has 0 fully saturated rings. The van der Waals surface area contributed by atoms with E-state index in [4.69, 9.17) is 10.3 Å². The van der Waals surface area contributed by atoms with Gasteiger partial charge in [0.25, 0.3) is 0 Å². The monoisotopic (exact) mass is 328 g/mol. The third kappa shape index (κ3) is 6.05. The van der Waals surface area contributed by atoms with Crippen LogP contribution in [0.3, 0.4) is 0 Å². The minimum absolute atomic E-state index is 0.148. The Balaban J connectivity index is 0.000000211. The van der Waals surface area contributed by atoms with Crippen molar-refractivity contribution in [2.75, 3.05) is 0 Å². The predicted molar refractivity (Wildman–Crippen MR) is 80.4 cm³/mol. The van der Waals surface area contributed by atoms with Gasteiger partial charge >= 0.3 is 0 Å². The second-order valence-corrected chi connectivity index (χ2v) is 7.34. The minimum atomic E-state index is -3.52. The lowest BCUT2D eigenvalue weighted by molar-refractivity contribution is 0.596. The van der Waals surface area contributed by atoms with Crippen LogP contribution >= 0.6 is 0 Å². The Kier molecular flexibility index (Phi) is 5.62. The Hall–Kier alpha value is -1.74. The molecule has 114 valence electrons. The summed E-state index contributed by atoms with van der Waals surface area (Å²) in [6, 6.07) is 14.3. The summed E-state index contributed by atoms with van der Waals surface area (Å²) in [6.45, 7) is 1.88. The maximum atomic E-state index is 10.7. The summed E-state index contributed by atoms with van der Waals surface area (Å²) in [4.78, 5) is 0.304. The maximum absolute atomic E-state index is 10.7. The zero-order chi connectivity index (χ0) is 16.1. The highest BCUT2D eigenvalue weighted by Crippen LogP contribution is 2.07. The lowest BCUT2D eigenvalue weighted by Crippen LogP contribution is -2.11. The fraction of sp³-hybridized carbons (Fsp3) is 0.0769. The highest BCUT2D eigenvalue weighted by Gasteiger charge is 2.05. The van der Waals surface area contributed by atoms with Gasteiger partial charge in [-0.2, -0.15) is 0 Å². The van der Waals surface area contributed by atoms with Crippen molar-refractivity contribution in [3.05, 3.63) is 60.2 Å². The van der Waals surface area contributed by atoms with E-state index in [2.05, 4.69) is 0 Å². The van der Waals surface area contributed by atoms with Crippen LogP contribution in [0.4, 0.5) is 0 Å². The summed E-state index contributed by atoms with van der Waals surface area (Å²) in [5, 5.41) is 9.71. The lowest BCUT2D eigenvalue weighted by Gasteiger charge is -1.96. The minimum Gasteiger partial charge on any atom is -0.225 e. The van der Waals surface area contributed by atoms with Crippen molar-refractivity contribution in [2.45, 2.75) is 16.7 Å². The zero-order valence-corrected chi connectivity index (χ0v) is 12.9. The van der Waals surface area contributed by atoms with Gasteiger partial charge in [0, 0.05) is 0 Å². The van der Waals surface area contributed by atoms with Gasteiger partial charge in [0.15, 0.2) is 0 Å². The van der Waals surface area contributed by atoms with Gasteiger partial charge in [-0.05, 0) is 31.2 Å². The van der Waals surface area contributed by atoms with Gasteiger partial charge in [0.05, 0.1) is 9.79 Å². The number of hydrogen-bond acceptors (Lipinski definition) is 4. The summed E-state index contributed by atoms with van der Waals surface area (Å²) in [6.07, 6.45) is 0. The first-order valence-electron chi connectivity index (χ1n) is 5.78. The van der Waals surface area contributed by atoms with Crippen LogP contribution in [0.5, 0.6) is 0 Å². The second-order valence-electron chi connectivity index (χ2n) is 4.22. The van der Waals surface area contributed by atoms with Crippen molar-refractivity contribution in [1.29, 1.82) is 0 Å². The molecule has 0 heterocycles. The molecule has 21 heavy (non-hydrogen) atoms. The molecule has 6 nitrogen and oxygen atoms in total. The fourth-order valence-corrected chi connectivity index (χ4v) is 2.39. The standard InChI is InChI=1S/C7H9NO2S.C6H7NO2S/c1-6-2-4-7(5-3-6)11(8,9)10;7-10(8,9)6-4-2-1-3-5-6/h2-5H,1H3,(H2,8,9,10);1-5H,(H2,7,8,9). The van der Waals surface area contributed by atoms with Crippen LogP contribution in [0.2, 0.25) is 0 Å². The molecule has 0 atom stereocenters. The first kappa shape index (κ1) is 17.3. The van der Waals surface area contributed by atoms with E-state index in [-0.39, 0.29) is 9.79 Å². The number of nitrogens with two attached hydrogens (primary N) is 2. The smallest absolute Gasteiger partial charge is 0.225 e. The molecule has 0 saturated carbocycles. The summed E-state index contributed by atoms with van der Waals surface area (Å²) >= 11 is 0. The molecule has 0 aromatic heterocycles. The molecule has 4 N–H and O–H groups in total. The second kappa shape index (κ2) is 6.81. The van der Waals surface area contributed by atoms with E-state index in [0.29, 0.717) is 0 Å². The summed E-state index contributed by atoms with van der Waals surface area (Å²) < 4.78 is 42.7. The largest absolute Gasteiger partial charge is 0.238 e. The van der Waals surface area contributed by atoms with Crippen LogP contribution in [-0.4, -0.2) is 16.8 Å². The Morgan fingerprint density at radius 2 is 1.05 bits per heavy atom. The zero-order valence-electron chi connectivity index (χ0n) is 11.3. The third-order valence-corrected chi connectivity index (χ3v) is 4.28. The Labute approximate surface area is 124 Å². The van der Waals surface area contributed by atoms with Gasteiger partial charge in [0.2, 0.25) is 20.0 Å². The number of hydrogen-bond donors (Lipinski definition) is 2. The average Bonchev–Trinajstić information content (AvgIpc) is 2.39. The Morgan fingerprint density at radius 3 is 1.38 bits per heavy atom. The van der Waals surface area contributed by atoms with E-state index in [1.165, 1.54) is 24.3 Å². The van der Waals surface area contributed by atoms with Crippen LogP contribution in [0.1, 0.15) is 5.56 Å². The summed E-state index contributed by atoms with van der Waals surface area (Å²) in [5.74, 6) is 0. The Bertz CT molecular complexity index is 784. The van der Waals surface area contributed by atoms with E-state index < -0.39 is 20.0 Å². The van der Waals surface area contributed by atoms with Crippen LogP contribution < -0.4 is 10.3 Å². The molecule has 0 bridgehead atoms.